The predicted molar refractivity (Wildman–Crippen MR) is 89.6 cm³/mol. The van der Waals surface area contributed by atoms with Gasteiger partial charge >= 0.3 is 0 Å². The molecule has 0 aromatic carbocycles. The summed E-state index contributed by atoms with van der Waals surface area (Å²) in [6, 6.07) is -0.169. The molecule has 0 aliphatic carbocycles. The molecular weight excluding hydrogens is 294 g/mol. The third-order valence-corrected chi connectivity index (χ3v) is 4.61. The lowest BCUT2D eigenvalue weighted by Gasteiger charge is -2.42. The quantitative estimate of drug-likeness (QED) is 0.534. The number of nitrogens with one attached hydrogen (secondary N) is 2. The molecule has 2 saturated heterocycles. The molecule has 2 heterocycles. The predicted octanol–water partition coefficient (Wildman–Crippen LogP) is 2.07. The highest BCUT2D eigenvalue weighted by Gasteiger charge is 2.35. The number of aliphatic hydroxyl groups excluding tert-OH is 1. The summed E-state index contributed by atoms with van der Waals surface area (Å²) >= 11 is 0. The van der Waals surface area contributed by atoms with E-state index in [1.54, 1.807) is 0 Å². The highest BCUT2D eigenvalue weighted by Crippen LogP contribution is 2.24. The lowest BCUT2D eigenvalue weighted by Crippen LogP contribution is -2.57. The second-order valence-electron chi connectivity index (χ2n) is 7.54. The van der Waals surface area contributed by atoms with E-state index in [0.29, 0.717) is 5.92 Å². The number of nitrogens with zero attached hydrogens (tertiary/aromatic N) is 1. The van der Waals surface area contributed by atoms with E-state index >= 15 is 0 Å². The van der Waals surface area contributed by atoms with Gasteiger partial charge in [0.05, 0.1) is 6.04 Å². The number of rotatable bonds is 5. The normalized spacial score (nSPS) is 24.1. The Balaban J connectivity index is 1.83. The molecule has 0 aromatic heterocycles. The SMILES string of the molecule is CC(C)(C)C(=N)/C=C(\O)NC(=O)[C@@H]1CCN1CC1CCOCC1. The first-order valence-electron chi connectivity index (χ1n) is 8.39. The number of hydrogen-bond acceptors (Lipinski definition) is 5. The smallest absolute Gasteiger partial charge is 0.244 e. The molecule has 6 nitrogen and oxygen atoms in total. The van der Waals surface area contributed by atoms with Crippen LogP contribution in [0.15, 0.2) is 12.0 Å². The maximum Gasteiger partial charge on any atom is 0.244 e. The van der Waals surface area contributed by atoms with Crippen molar-refractivity contribution < 1.29 is 14.6 Å². The molecule has 2 aliphatic rings. The molecule has 2 rings (SSSR count). The second-order valence-corrected chi connectivity index (χ2v) is 7.54. The van der Waals surface area contributed by atoms with Gasteiger partial charge in [0.25, 0.3) is 0 Å². The van der Waals surface area contributed by atoms with Crippen molar-refractivity contribution in [1.82, 2.24) is 10.2 Å². The molecule has 2 fully saturated rings. The first kappa shape index (κ1) is 17.9. The molecule has 0 bridgehead atoms. The first-order valence-corrected chi connectivity index (χ1v) is 8.39. The Hall–Kier alpha value is -1.40. The van der Waals surface area contributed by atoms with E-state index in [-0.39, 0.29) is 29.0 Å². The van der Waals surface area contributed by atoms with Crippen LogP contribution in [0.5, 0.6) is 0 Å². The fourth-order valence-corrected chi connectivity index (χ4v) is 2.82. The van der Waals surface area contributed by atoms with E-state index in [0.717, 1.165) is 45.6 Å². The molecule has 1 atom stereocenters. The van der Waals surface area contributed by atoms with Crippen molar-refractivity contribution in [3.8, 4) is 0 Å². The van der Waals surface area contributed by atoms with E-state index in [1.807, 2.05) is 20.8 Å². The van der Waals surface area contributed by atoms with Crippen LogP contribution in [-0.4, -0.2) is 54.0 Å². The lowest BCUT2D eigenvalue weighted by molar-refractivity contribution is -0.131. The summed E-state index contributed by atoms with van der Waals surface area (Å²) < 4.78 is 5.37. The van der Waals surface area contributed by atoms with Crippen LogP contribution >= 0.6 is 0 Å². The summed E-state index contributed by atoms with van der Waals surface area (Å²) in [4.78, 5) is 14.4. The zero-order valence-electron chi connectivity index (χ0n) is 14.4. The number of hydrogen-bond donors (Lipinski definition) is 3. The van der Waals surface area contributed by atoms with Crippen LogP contribution in [0.1, 0.15) is 40.0 Å². The van der Waals surface area contributed by atoms with Gasteiger partial charge in [-0.05, 0) is 25.2 Å². The van der Waals surface area contributed by atoms with Gasteiger partial charge in [0.15, 0.2) is 5.88 Å². The van der Waals surface area contributed by atoms with E-state index in [9.17, 15) is 9.90 Å². The molecule has 23 heavy (non-hydrogen) atoms. The molecule has 0 saturated carbocycles. The molecule has 3 N–H and O–H groups in total. The average Bonchev–Trinajstić information content (AvgIpc) is 2.43. The topological polar surface area (TPSA) is 85.7 Å². The van der Waals surface area contributed by atoms with Gasteiger partial charge in [0.2, 0.25) is 5.91 Å². The van der Waals surface area contributed by atoms with E-state index in [2.05, 4.69) is 10.2 Å². The van der Waals surface area contributed by atoms with Crippen LogP contribution in [0.4, 0.5) is 0 Å². The van der Waals surface area contributed by atoms with Gasteiger partial charge in [0.1, 0.15) is 0 Å². The van der Waals surface area contributed by atoms with Gasteiger partial charge in [-0.1, -0.05) is 20.8 Å². The van der Waals surface area contributed by atoms with Crippen LogP contribution in [-0.2, 0) is 9.53 Å². The Morgan fingerprint density at radius 1 is 1.35 bits per heavy atom. The monoisotopic (exact) mass is 323 g/mol. The van der Waals surface area contributed by atoms with Gasteiger partial charge in [-0.15, -0.1) is 0 Å². The van der Waals surface area contributed by atoms with E-state index in [4.69, 9.17) is 10.1 Å². The van der Waals surface area contributed by atoms with Gasteiger partial charge in [0, 0.05) is 43.5 Å². The Morgan fingerprint density at radius 3 is 2.52 bits per heavy atom. The number of allylic oxidation sites excluding steroid dienone is 1. The standard InChI is InChI=1S/C17H29N3O3/c1-17(2,3)14(18)10-15(21)19-16(22)13-4-7-20(13)11-12-5-8-23-9-6-12/h10,12-13,18,21H,4-9,11H2,1-3H3,(H,19,22)/b15-10-,18-14?/t13-/m0/s1. The maximum atomic E-state index is 12.3. The van der Waals surface area contributed by atoms with Crippen LogP contribution in [0.3, 0.4) is 0 Å². The van der Waals surface area contributed by atoms with Gasteiger partial charge in [-0.25, -0.2) is 0 Å². The molecule has 130 valence electrons. The summed E-state index contributed by atoms with van der Waals surface area (Å²) in [7, 11) is 0. The molecule has 0 radical (unpaired) electrons. The minimum atomic E-state index is -0.357. The highest BCUT2D eigenvalue weighted by atomic mass is 16.5. The molecule has 0 aromatic rings. The van der Waals surface area contributed by atoms with Crippen molar-refractivity contribution in [3.63, 3.8) is 0 Å². The Kier molecular flexibility index (Phi) is 5.81. The zero-order chi connectivity index (χ0) is 17.0. The number of amides is 1. The van der Waals surface area contributed by atoms with E-state index < -0.39 is 0 Å². The van der Waals surface area contributed by atoms with Crippen molar-refractivity contribution in [2.24, 2.45) is 11.3 Å². The van der Waals surface area contributed by atoms with Crippen LogP contribution in [0, 0.1) is 16.7 Å². The fraction of sp³-hybridized carbons (Fsp3) is 0.765. The van der Waals surface area contributed by atoms with Gasteiger partial charge in [-0.3, -0.25) is 15.0 Å². The molecule has 2 aliphatic heterocycles. The summed E-state index contributed by atoms with van der Waals surface area (Å²) in [5, 5.41) is 20.3. The number of aliphatic hydroxyl groups is 1. The molecular formula is C17H29N3O3. The highest BCUT2D eigenvalue weighted by molar-refractivity contribution is 5.97. The van der Waals surface area contributed by atoms with Crippen molar-refractivity contribution in [2.45, 2.75) is 46.1 Å². The Bertz CT molecular complexity index is 476. The number of likely N-dealkylation sites (tertiary alicyclic amines) is 1. The minimum Gasteiger partial charge on any atom is -0.494 e. The molecule has 1 amide bonds. The van der Waals surface area contributed by atoms with Crippen LogP contribution < -0.4 is 5.32 Å². The molecule has 0 spiro atoms. The second kappa shape index (κ2) is 7.45. The Morgan fingerprint density at radius 2 is 2.00 bits per heavy atom. The fourth-order valence-electron chi connectivity index (χ4n) is 2.82. The Labute approximate surface area is 138 Å². The molecule has 6 heteroatoms. The number of carbonyl (C=O) groups is 1. The maximum absolute atomic E-state index is 12.3. The van der Waals surface area contributed by atoms with Crippen molar-refractivity contribution in [1.29, 1.82) is 5.41 Å². The summed E-state index contributed by atoms with van der Waals surface area (Å²) in [6.45, 7) is 9.15. The lowest BCUT2D eigenvalue weighted by atomic mass is 9.90. The van der Waals surface area contributed by atoms with E-state index in [1.165, 1.54) is 6.08 Å². The largest absolute Gasteiger partial charge is 0.494 e. The summed E-state index contributed by atoms with van der Waals surface area (Å²) in [6.07, 6.45) is 4.25. The van der Waals surface area contributed by atoms with Gasteiger partial charge < -0.3 is 15.3 Å². The van der Waals surface area contributed by atoms with Crippen molar-refractivity contribution in [2.75, 3.05) is 26.3 Å². The zero-order valence-corrected chi connectivity index (χ0v) is 14.4. The first-order chi connectivity index (χ1) is 10.8. The minimum absolute atomic E-state index is 0.169. The van der Waals surface area contributed by atoms with Crippen LogP contribution in [0.2, 0.25) is 0 Å². The number of ether oxygens (including phenoxy) is 1. The summed E-state index contributed by atoms with van der Waals surface area (Å²) in [5.41, 5.74) is -0.0764. The van der Waals surface area contributed by atoms with Gasteiger partial charge in [-0.2, -0.15) is 0 Å². The average molecular weight is 323 g/mol. The van der Waals surface area contributed by atoms with Crippen molar-refractivity contribution >= 4 is 11.6 Å². The third-order valence-electron chi connectivity index (χ3n) is 4.61. The number of carbonyl (C=O) groups excluding carboxylic acids is 1. The van der Waals surface area contributed by atoms with Crippen LogP contribution in [0.25, 0.3) is 0 Å². The third kappa shape index (κ3) is 5.04. The van der Waals surface area contributed by atoms with Crippen molar-refractivity contribution in [3.05, 3.63) is 12.0 Å². The summed E-state index contributed by atoms with van der Waals surface area (Å²) in [5.74, 6) is 0.171. The molecule has 0 unspecified atom stereocenters.